The van der Waals surface area contributed by atoms with E-state index in [1.807, 2.05) is 61.5 Å². The SMILES string of the molecule is CCc1ccc(NC(=O)c2sc(-c3ccccc3)nc2C)cc1. The summed E-state index contributed by atoms with van der Waals surface area (Å²) in [6.07, 6.45) is 0.989. The lowest BCUT2D eigenvalue weighted by atomic mass is 10.1. The van der Waals surface area contributed by atoms with Crippen LogP contribution >= 0.6 is 11.3 Å². The zero-order chi connectivity index (χ0) is 16.2. The van der Waals surface area contributed by atoms with E-state index in [2.05, 4.69) is 17.2 Å². The number of carbonyl (C=O) groups excluding carboxylic acids is 1. The van der Waals surface area contributed by atoms with E-state index in [1.165, 1.54) is 16.9 Å². The first-order chi connectivity index (χ1) is 11.2. The molecule has 0 saturated carbocycles. The maximum Gasteiger partial charge on any atom is 0.267 e. The third-order valence-corrected chi connectivity index (χ3v) is 4.85. The van der Waals surface area contributed by atoms with Gasteiger partial charge in [0.15, 0.2) is 0 Å². The van der Waals surface area contributed by atoms with E-state index < -0.39 is 0 Å². The van der Waals surface area contributed by atoms with E-state index in [0.29, 0.717) is 4.88 Å². The first-order valence-electron chi connectivity index (χ1n) is 7.60. The minimum atomic E-state index is -0.105. The highest BCUT2D eigenvalue weighted by Gasteiger charge is 2.16. The number of nitrogens with one attached hydrogen (secondary N) is 1. The van der Waals surface area contributed by atoms with E-state index in [9.17, 15) is 4.79 Å². The normalized spacial score (nSPS) is 10.5. The minimum absolute atomic E-state index is 0.105. The molecule has 23 heavy (non-hydrogen) atoms. The summed E-state index contributed by atoms with van der Waals surface area (Å²) in [5.41, 5.74) is 3.85. The topological polar surface area (TPSA) is 42.0 Å². The molecule has 0 fully saturated rings. The van der Waals surface area contributed by atoms with Crippen molar-refractivity contribution in [3.8, 4) is 10.6 Å². The fraction of sp³-hybridized carbons (Fsp3) is 0.158. The quantitative estimate of drug-likeness (QED) is 0.739. The Morgan fingerprint density at radius 2 is 1.78 bits per heavy atom. The number of hydrogen-bond donors (Lipinski definition) is 1. The summed E-state index contributed by atoms with van der Waals surface area (Å²) in [5, 5.41) is 3.82. The van der Waals surface area contributed by atoms with Crippen LogP contribution in [0, 0.1) is 6.92 Å². The van der Waals surface area contributed by atoms with Crippen LogP contribution < -0.4 is 5.32 Å². The van der Waals surface area contributed by atoms with Gasteiger partial charge in [-0.1, -0.05) is 49.4 Å². The molecular weight excluding hydrogens is 304 g/mol. The van der Waals surface area contributed by atoms with Gasteiger partial charge in [-0.15, -0.1) is 11.3 Å². The summed E-state index contributed by atoms with van der Waals surface area (Å²) in [7, 11) is 0. The molecule has 0 aliphatic rings. The molecule has 0 aliphatic carbocycles. The smallest absolute Gasteiger partial charge is 0.267 e. The van der Waals surface area contributed by atoms with Gasteiger partial charge in [0.25, 0.3) is 5.91 Å². The summed E-state index contributed by atoms with van der Waals surface area (Å²) >= 11 is 1.42. The van der Waals surface area contributed by atoms with Crippen molar-refractivity contribution in [1.29, 1.82) is 0 Å². The molecule has 0 radical (unpaired) electrons. The van der Waals surface area contributed by atoms with Gasteiger partial charge < -0.3 is 5.32 Å². The van der Waals surface area contributed by atoms with Crippen LogP contribution in [0.5, 0.6) is 0 Å². The van der Waals surface area contributed by atoms with Gasteiger partial charge in [-0.2, -0.15) is 0 Å². The van der Waals surface area contributed by atoms with Crippen LogP contribution in [-0.4, -0.2) is 10.9 Å². The second-order valence-corrected chi connectivity index (χ2v) is 6.30. The van der Waals surface area contributed by atoms with Gasteiger partial charge in [0, 0.05) is 11.3 Å². The number of benzene rings is 2. The summed E-state index contributed by atoms with van der Waals surface area (Å²) in [5.74, 6) is -0.105. The molecule has 116 valence electrons. The van der Waals surface area contributed by atoms with Crippen LogP contribution in [0.25, 0.3) is 10.6 Å². The van der Waals surface area contributed by atoms with Gasteiger partial charge in [0.05, 0.1) is 5.69 Å². The zero-order valence-electron chi connectivity index (χ0n) is 13.2. The largest absolute Gasteiger partial charge is 0.321 e. The molecule has 4 heteroatoms. The third-order valence-electron chi connectivity index (χ3n) is 3.64. The van der Waals surface area contributed by atoms with Crippen molar-refractivity contribution in [2.45, 2.75) is 20.3 Å². The van der Waals surface area contributed by atoms with Crippen molar-refractivity contribution in [2.24, 2.45) is 0 Å². The molecule has 0 atom stereocenters. The fourth-order valence-electron chi connectivity index (χ4n) is 2.32. The van der Waals surface area contributed by atoms with E-state index in [1.54, 1.807) is 0 Å². The molecule has 1 aromatic heterocycles. The highest BCUT2D eigenvalue weighted by atomic mass is 32.1. The van der Waals surface area contributed by atoms with Crippen LogP contribution in [0.4, 0.5) is 5.69 Å². The van der Waals surface area contributed by atoms with E-state index in [0.717, 1.165) is 28.4 Å². The minimum Gasteiger partial charge on any atom is -0.321 e. The van der Waals surface area contributed by atoms with E-state index in [4.69, 9.17) is 0 Å². The lowest BCUT2D eigenvalue weighted by Gasteiger charge is -2.04. The highest BCUT2D eigenvalue weighted by molar-refractivity contribution is 7.17. The van der Waals surface area contributed by atoms with Gasteiger partial charge in [-0.05, 0) is 31.0 Å². The van der Waals surface area contributed by atoms with Gasteiger partial charge in [0.2, 0.25) is 0 Å². The Bertz CT molecular complexity index is 807. The molecule has 0 spiro atoms. The van der Waals surface area contributed by atoms with Crippen LogP contribution in [0.3, 0.4) is 0 Å². The second-order valence-electron chi connectivity index (χ2n) is 5.30. The van der Waals surface area contributed by atoms with Crippen molar-refractivity contribution in [2.75, 3.05) is 5.32 Å². The van der Waals surface area contributed by atoms with Crippen LogP contribution in [-0.2, 0) is 6.42 Å². The highest BCUT2D eigenvalue weighted by Crippen LogP contribution is 2.28. The number of amides is 1. The number of hydrogen-bond acceptors (Lipinski definition) is 3. The molecule has 0 aliphatic heterocycles. The van der Waals surface area contributed by atoms with Crippen molar-refractivity contribution in [1.82, 2.24) is 4.98 Å². The van der Waals surface area contributed by atoms with Gasteiger partial charge >= 0.3 is 0 Å². The van der Waals surface area contributed by atoms with Crippen molar-refractivity contribution in [3.05, 3.63) is 70.7 Å². The number of anilines is 1. The molecule has 3 nitrogen and oxygen atoms in total. The molecule has 1 heterocycles. The molecule has 3 aromatic rings. The van der Waals surface area contributed by atoms with Crippen molar-refractivity contribution >= 4 is 22.9 Å². The van der Waals surface area contributed by atoms with Gasteiger partial charge in [0.1, 0.15) is 9.88 Å². The lowest BCUT2D eigenvalue weighted by Crippen LogP contribution is -2.11. The Labute approximate surface area is 140 Å². The van der Waals surface area contributed by atoms with Crippen LogP contribution in [0.15, 0.2) is 54.6 Å². The molecule has 0 saturated heterocycles. The van der Waals surface area contributed by atoms with Gasteiger partial charge in [-0.25, -0.2) is 4.98 Å². The maximum absolute atomic E-state index is 12.5. The number of thiazole rings is 1. The van der Waals surface area contributed by atoms with Crippen molar-refractivity contribution in [3.63, 3.8) is 0 Å². The van der Waals surface area contributed by atoms with E-state index in [-0.39, 0.29) is 5.91 Å². The Hall–Kier alpha value is -2.46. The molecule has 0 bridgehead atoms. The number of carbonyl (C=O) groups is 1. The summed E-state index contributed by atoms with van der Waals surface area (Å²) in [6.45, 7) is 3.98. The molecule has 2 aromatic carbocycles. The molecule has 1 amide bonds. The third kappa shape index (κ3) is 3.48. The Kier molecular flexibility index (Phi) is 4.53. The zero-order valence-corrected chi connectivity index (χ0v) is 14.0. The number of aromatic nitrogens is 1. The van der Waals surface area contributed by atoms with Crippen molar-refractivity contribution < 1.29 is 4.79 Å². The predicted octanol–water partition coefficient (Wildman–Crippen LogP) is 4.93. The molecule has 0 unspecified atom stereocenters. The number of rotatable bonds is 4. The number of aryl methyl sites for hydroxylation is 2. The average Bonchev–Trinajstić information content (AvgIpc) is 2.98. The summed E-state index contributed by atoms with van der Waals surface area (Å²) < 4.78 is 0. The number of nitrogens with zero attached hydrogens (tertiary/aromatic N) is 1. The molecule has 1 N–H and O–H groups in total. The summed E-state index contributed by atoms with van der Waals surface area (Å²) in [6, 6.07) is 17.9. The molecular formula is C19H18N2OS. The monoisotopic (exact) mass is 322 g/mol. The van der Waals surface area contributed by atoms with Gasteiger partial charge in [-0.3, -0.25) is 4.79 Å². The lowest BCUT2D eigenvalue weighted by molar-refractivity contribution is 0.103. The average molecular weight is 322 g/mol. The Balaban J connectivity index is 1.81. The summed E-state index contributed by atoms with van der Waals surface area (Å²) in [4.78, 5) is 17.7. The Morgan fingerprint density at radius 3 is 2.43 bits per heavy atom. The van der Waals surface area contributed by atoms with E-state index >= 15 is 0 Å². The first kappa shape index (κ1) is 15.4. The standard InChI is InChI=1S/C19H18N2OS/c1-3-14-9-11-16(12-10-14)21-18(22)17-13(2)20-19(23-17)15-7-5-4-6-8-15/h4-12H,3H2,1-2H3,(H,21,22). The second kappa shape index (κ2) is 6.75. The Morgan fingerprint density at radius 1 is 1.09 bits per heavy atom. The maximum atomic E-state index is 12.5. The van der Waals surface area contributed by atoms with Crippen LogP contribution in [0.2, 0.25) is 0 Å². The molecule has 3 rings (SSSR count). The first-order valence-corrected chi connectivity index (χ1v) is 8.42. The van der Waals surface area contributed by atoms with Crippen LogP contribution in [0.1, 0.15) is 27.9 Å². The predicted molar refractivity (Wildman–Crippen MR) is 96.1 cm³/mol. The fourth-order valence-corrected chi connectivity index (χ4v) is 3.29.